The van der Waals surface area contributed by atoms with E-state index in [-0.39, 0.29) is 5.56 Å². The number of hydrogen-bond donors (Lipinski definition) is 1. The zero-order valence-electron chi connectivity index (χ0n) is 15.3. The molecule has 0 amide bonds. The van der Waals surface area contributed by atoms with Crippen LogP contribution in [0.15, 0.2) is 46.3 Å². The molecule has 0 atom stereocenters. The summed E-state index contributed by atoms with van der Waals surface area (Å²) in [5.41, 5.74) is 2.86. The van der Waals surface area contributed by atoms with Gasteiger partial charge >= 0.3 is 0 Å². The number of benzene rings is 1. The smallest absolute Gasteiger partial charge is 0.256 e. The van der Waals surface area contributed by atoms with E-state index in [1.54, 1.807) is 18.4 Å². The van der Waals surface area contributed by atoms with Crippen LogP contribution < -0.4 is 10.3 Å². The largest absolute Gasteiger partial charge is 0.496 e. The maximum absolute atomic E-state index is 12.4. The summed E-state index contributed by atoms with van der Waals surface area (Å²) < 4.78 is 5.48. The second-order valence-electron chi connectivity index (χ2n) is 6.43. The van der Waals surface area contributed by atoms with E-state index in [9.17, 15) is 4.79 Å². The minimum absolute atomic E-state index is 0.00468. The summed E-state index contributed by atoms with van der Waals surface area (Å²) in [4.78, 5) is 24.6. The van der Waals surface area contributed by atoms with Crippen LogP contribution in [0.25, 0.3) is 10.4 Å². The van der Waals surface area contributed by atoms with Crippen molar-refractivity contribution in [3.63, 3.8) is 0 Å². The molecule has 0 fully saturated rings. The Kier molecular flexibility index (Phi) is 5.33. The maximum atomic E-state index is 12.4. The van der Waals surface area contributed by atoms with Crippen molar-refractivity contribution < 1.29 is 4.74 Å². The molecule has 0 bridgehead atoms. The fraction of sp³-hybridized carbons (Fsp3) is 0.300. The fourth-order valence-corrected chi connectivity index (χ4v) is 4.84. The zero-order chi connectivity index (χ0) is 18.8. The molecule has 0 unspecified atom stereocenters. The second-order valence-corrected chi connectivity index (χ2v) is 8.39. The van der Waals surface area contributed by atoms with Gasteiger partial charge < -0.3 is 9.72 Å². The third-order valence-corrected chi connectivity index (χ3v) is 6.42. The average molecular weight is 400 g/mol. The van der Waals surface area contributed by atoms with Gasteiger partial charge in [-0.15, -0.1) is 11.3 Å². The quantitative estimate of drug-likeness (QED) is 0.523. The molecular formula is C20H21N3O2S2. The molecule has 1 aliphatic rings. The van der Waals surface area contributed by atoms with Gasteiger partial charge in [0.25, 0.3) is 5.56 Å². The Morgan fingerprint density at radius 3 is 2.96 bits per heavy atom. The van der Waals surface area contributed by atoms with Crippen LogP contribution in [0, 0.1) is 0 Å². The van der Waals surface area contributed by atoms with Gasteiger partial charge in [0, 0.05) is 41.4 Å². The summed E-state index contributed by atoms with van der Waals surface area (Å²) in [6, 6.07) is 12.4. The third-order valence-electron chi connectivity index (χ3n) is 4.73. The number of hydrogen-bond acceptors (Lipinski definition) is 6. The number of H-pyrrole nitrogens is 1. The number of thiophene rings is 1. The fourth-order valence-electron chi connectivity index (χ4n) is 3.37. The van der Waals surface area contributed by atoms with Crippen LogP contribution in [0.5, 0.6) is 5.75 Å². The number of nitrogens with one attached hydrogen (secondary N) is 1. The van der Waals surface area contributed by atoms with Crippen LogP contribution in [0.1, 0.15) is 16.1 Å². The molecule has 3 aromatic rings. The Morgan fingerprint density at radius 1 is 1.30 bits per heavy atom. The van der Waals surface area contributed by atoms with Crippen LogP contribution in [0.3, 0.4) is 0 Å². The topological polar surface area (TPSA) is 58.2 Å². The minimum Gasteiger partial charge on any atom is -0.496 e. The van der Waals surface area contributed by atoms with Crippen molar-refractivity contribution in [2.24, 2.45) is 0 Å². The summed E-state index contributed by atoms with van der Waals surface area (Å²) in [7, 11) is 1.70. The van der Waals surface area contributed by atoms with Crippen LogP contribution in [0.4, 0.5) is 0 Å². The van der Waals surface area contributed by atoms with E-state index in [1.807, 2.05) is 24.5 Å². The molecule has 1 N–H and O–H groups in total. The molecule has 140 valence electrons. The average Bonchev–Trinajstić information content (AvgIpc) is 3.16. The van der Waals surface area contributed by atoms with Gasteiger partial charge in [-0.25, -0.2) is 4.98 Å². The zero-order valence-corrected chi connectivity index (χ0v) is 17.0. The van der Waals surface area contributed by atoms with Crippen molar-refractivity contribution in [3.8, 4) is 16.2 Å². The number of ether oxygens (including phenoxy) is 1. The lowest BCUT2D eigenvalue weighted by molar-refractivity contribution is 0.243. The van der Waals surface area contributed by atoms with Gasteiger partial charge in [-0.2, -0.15) is 0 Å². The number of thioether (sulfide) groups is 1. The summed E-state index contributed by atoms with van der Waals surface area (Å²) in [5, 5.41) is 0.701. The molecule has 1 aliphatic heterocycles. The van der Waals surface area contributed by atoms with Crippen molar-refractivity contribution in [2.45, 2.75) is 24.7 Å². The first-order valence-electron chi connectivity index (χ1n) is 8.78. The lowest BCUT2D eigenvalue weighted by Crippen LogP contribution is -2.35. The van der Waals surface area contributed by atoms with Gasteiger partial charge in [0.1, 0.15) is 5.75 Å². The lowest BCUT2D eigenvalue weighted by atomic mass is 10.1. The van der Waals surface area contributed by atoms with Crippen LogP contribution in [-0.4, -0.2) is 34.8 Å². The first-order chi connectivity index (χ1) is 13.2. The van der Waals surface area contributed by atoms with Crippen molar-refractivity contribution in [1.29, 1.82) is 0 Å². The number of nitrogens with zero attached hydrogens (tertiary/aromatic N) is 2. The monoisotopic (exact) mass is 399 g/mol. The van der Waals surface area contributed by atoms with E-state index in [0.29, 0.717) is 11.7 Å². The molecule has 0 saturated heterocycles. The molecule has 0 saturated carbocycles. The van der Waals surface area contributed by atoms with E-state index in [4.69, 9.17) is 4.74 Å². The second kappa shape index (κ2) is 7.88. The standard InChI is InChI=1S/C20H21N3O2S2/c1-25-17-6-4-3-5-14(17)18-8-7-13(27-18)11-23-10-9-16-15(12-23)19(24)22-20(21-16)26-2/h3-8H,9-12H2,1-2H3,(H,21,22,24). The molecule has 0 spiro atoms. The lowest BCUT2D eigenvalue weighted by Gasteiger charge is -2.27. The SMILES string of the molecule is COc1ccccc1-c1ccc(CN2CCc3nc(SC)[nH]c(=O)c3C2)s1. The molecule has 7 heteroatoms. The highest BCUT2D eigenvalue weighted by atomic mass is 32.2. The molecule has 27 heavy (non-hydrogen) atoms. The van der Waals surface area contributed by atoms with E-state index < -0.39 is 0 Å². The highest BCUT2D eigenvalue weighted by Gasteiger charge is 2.21. The Hall–Kier alpha value is -2.09. The van der Waals surface area contributed by atoms with Crippen molar-refractivity contribution in [1.82, 2.24) is 14.9 Å². The predicted octanol–water partition coefficient (Wildman–Crippen LogP) is 3.79. The molecule has 0 aliphatic carbocycles. The first kappa shape index (κ1) is 18.3. The van der Waals surface area contributed by atoms with Gasteiger partial charge in [-0.1, -0.05) is 23.9 Å². The van der Waals surface area contributed by atoms with Gasteiger partial charge in [0.05, 0.1) is 18.4 Å². The van der Waals surface area contributed by atoms with Gasteiger partial charge in [-0.05, 0) is 30.5 Å². The summed E-state index contributed by atoms with van der Waals surface area (Å²) >= 11 is 3.25. The Bertz CT molecular complexity index is 1010. The summed E-state index contributed by atoms with van der Waals surface area (Å²) in [5.74, 6) is 0.889. The van der Waals surface area contributed by atoms with E-state index >= 15 is 0 Å². The van der Waals surface area contributed by atoms with Crippen molar-refractivity contribution in [3.05, 3.63) is 62.9 Å². The number of aromatic amines is 1. The number of methoxy groups -OCH3 is 1. The third kappa shape index (κ3) is 3.81. The van der Waals surface area contributed by atoms with Crippen LogP contribution >= 0.6 is 23.1 Å². The summed E-state index contributed by atoms with van der Waals surface area (Å²) in [6.07, 6.45) is 2.74. The number of aromatic nitrogens is 2. The normalized spacial score (nSPS) is 14.1. The molecule has 2 aromatic heterocycles. The first-order valence-corrected chi connectivity index (χ1v) is 10.8. The Labute approximate surface area is 166 Å². The number of rotatable bonds is 5. The van der Waals surface area contributed by atoms with Crippen molar-refractivity contribution in [2.75, 3.05) is 19.9 Å². The maximum Gasteiger partial charge on any atom is 0.256 e. The van der Waals surface area contributed by atoms with Crippen molar-refractivity contribution >= 4 is 23.1 Å². The highest BCUT2D eigenvalue weighted by Crippen LogP contribution is 2.35. The van der Waals surface area contributed by atoms with Gasteiger partial charge in [0.2, 0.25) is 0 Å². The van der Waals surface area contributed by atoms with E-state index in [2.05, 4.69) is 33.1 Å². The highest BCUT2D eigenvalue weighted by molar-refractivity contribution is 7.98. The number of fused-ring (bicyclic) bond motifs is 1. The van der Waals surface area contributed by atoms with Crippen LogP contribution in [0.2, 0.25) is 0 Å². The van der Waals surface area contributed by atoms with Gasteiger partial charge in [0.15, 0.2) is 5.16 Å². The predicted molar refractivity (Wildman–Crippen MR) is 111 cm³/mol. The molecule has 1 aromatic carbocycles. The van der Waals surface area contributed by atoms with Gasteiger partial charge in [-0.3, -0.25) is 9.69 Å². The molecular weight excluding hydrogens is 378 g/mol. The molecule has 4 rings (SSSR count). The molecule has 5 nitrogen and oxygen atoms in total. The molecule has 0 radical (unpaired) electrons. The summed E-state index contributed by atoms with van der Waals surface area (Å²) in [6.45, 7) is 2.40. The van der Waals surface area contributed by atoms with E-state index in [1.165, 1.54) is 21.5 Å². The van der Waals surface area contributed by atoms with Crippen LogP contribution in [-0.2, 0) is 19.5 Å². The Balaban J connectivity index is 1.51. The van der Waals surface area contributed by atoms with E-state index in [0.717, 1.165) is 42.1 Å². The Morgan fingerprint density at radius 2 is 2.15 bits per heavy atom. The molecule has 3 heterocycles. The minimum atomic E-state index is -0.00468. The number of para-hydroxylation sites is 1.